The quantitative estimate of drug-likeness (QED) is 0.793. The van der Waals surface area contributed by atoms with Gasteiger partial charge in [0.25, 0.3) is 0 Å². The summed E-state index contributed by atoms with van der Waals surface area (Å²) in [5.41, 5.74) is 5.56. The lowest BCUT2D eigenvalue weighted by molar-refractivity contribution is 0.0139. The molecule has 0 spiro atoms. The number of ether oxygens (including phenoxy) is 1. The van der Waals surface area contributed by atoms with Crippen molar-refractivity contribution in [2.24, 2.45) is 17.6 Å². The zero-order valence-corrected chi connectivity index (χ0v) is 13.9. The fraction of sp³-hybridized carbons (Fsp3) is 0.941. The van der Waals surface area contributed by atoms with Crippen LogP contribution in [-0.2, 0) is 4.74 Å². The number of likely N-dealkylation sites (tertiary alicyclic amines) is 1. The van der Waals surface area contributed by atoms with Gasteiger partial charge < -0.3 is 15.4 Å². The summed E-state index contributed by atoms with van der Waals surface area (Å²) in [5, 5.41) is 0. The fourth-order valence-electron chi connectivity index (χ4n) is 3.96. The molecule has 0 radical (unpaired) electrons. The SMILES string of the molecule is CC(C)(C)OC(=O)N1CCC(CN)C1C1CCCCCC1. The van der Waals surface area contributed by atoms with Gasteiger partial charge in [0.15, 0.2) is 0 Å². The molecule has 2 atom stereocenters. The average molecular weight is 296 g/mol. The number of nitrogens with two attached hydrogens (primary N) is 1. The normalized spacial score (nSPS) is 28.5. The molecule has 2 rings (SSSR count). The van der Waals surface area contributed by atoms with Gasteiger partial charge in [-0.05, 0) is 58.4 Å². The maximum absolute atomic E-state index is 12.5. The first-order valence-corrected chi connectivity index (χ1v) is 8.62. The molecule has 0 bridgehead atoms. The van der Waals surface area contributed by atoms with Crippen LogP contribution in [0.3, 0.4) is 0 Å². The molecule has 1 heterocycles. The Hall–Kier alpha value is -0.770. The minimum atomic E-state index is -0.425. The Labute approximate surface area is 129 Å². The highest BCUT2D eigenvalue weighted by Gasteiger charge is 2.42. The Kier molecular flexibility index (Phi) is 5.53. The van der Waals surface area contributed by atoms with Crippen LogP contribution >= 0.6 is 0 Å². The molecule has 2 unspecified atom stereocenters. The molecule has 1 amide bonds. The van der Waals surface area contributed by atoms with E-state index in [4.69, 9.17) is 10.5 Å². The molecule has 1 saturated carbocycles. The Morgan fingerprint density at radius 3 is 2.29 bits per heavy atom. The second-order valence-electron chi connectivity index (χ2n) is 7.70. The molecule has 0 aromatic carbocycles. The molecule has 21 heavy (non-hydrogen) atoms. The van der Waals surface area contributed by atoms with Crippen molar-refractivity contribution in [3.8, 4) is 0 Å². The van der Waals surface area contributed by atoms with Crippen molar-refractivity contribution < 1.29 is 9.53 Å². The van der Waals surface area contributed by atoms with E-state index in [1.54, 1.807) is 0 Å². The Morgan fingerprint density at radius 2 is 1.76 bits per heavy atom. The summed E-state index contributed by atoms with van der Waals surface area (Å²) < 4.78 is 5.61. The van der Waals surface area contributed by atoms with Crippen LogP contribution in [0.2, 0.25) is 0 Å². The molecule has 1 aliphatic carbocycles. The highest BCUT2D eigenvalue weighted by Crippen LogP contribution is 2.37. The van der Waals surface area contributed by atoms with E-state index in [0.29, 0.717) is 24.4 Å². The van der Waals surface area contributed by atoms with E-state index in [2.05, 4.69) is 0 Å². The summed E-state index contributed by atoms with van der Waals surface area (Å²) in [5.74, 6) is 1.05. The zero-order valence-electron chi connectivity index (χ0n) is 13.9. The monoisotopic (exact) mass is 296 g/mol. The van der Waals surface area contributed by atoms with E-state index in [-0.39, 0.29) is 6.09 Å². The molecule has 122 valence electrons. The van der Waals surface area contributed by atoms with Crippen LogP contribution in [0.1, 0.15) is 65.7 Å². The highest BCUT2D eigenvalue weighted by atomic mass is 16.6. The molecular weight excluding hydrogens is 264 g/mol. The maximum atomic E-state index is 12.5. The standard InChI is InChI=1S/C17H32N2O2/c1-17(2,3)21-16(20)19-11-10-14(12-18)15(19)13-8-6-4-5-7-9-13/h13-15H,4-12,18H2,1-3H3. The minimum Gasteiger partial charge on any atom is -0.444 e. The molecule has 4 nitrogen and oxygen atoms in total. The van der Waals surface area contributed by atoms with Gasteiger partial charge in [-0.25, -0.2) is 4.79 Å². The number of carbonyl (C=O) groups excluding carboxylic acids is 1. The second kappa shape index (κ2) is 6.99. The summed E-state index contributed by atoms with van der Waals surface area (Å²) in [6.45, 7) is 7.28. The van der Waals surface area contributed by atoms with Gasteiger partial charge in [0, 0.05) is 12.6 Å². The van der Waals surface area contributed by atoms with Gasteiger partial charge in [-0.15, -0.1) is 0 Å². The lowest BCUT2D eigenvalue weighted by Crippen LogP contribution is -2.46. The number of amides is 1. The lowest BCUT2D eigenvalue weighted by Gasteiger charge is -2.35. The van der Waals surface area contributed by atoms with Crippen LogP contribution in [0.25, 0.3) is 0 Å². The van der Waals surface area contributed by atoms with E-state index < -0.39 is 5.60 Å². The fourth-order valence-corrected chi connectivity index (χ4v) is 3.96. The minimum absolute atomic E-state index is 0.146. The predicted molar refractivity (Wildman–Crippen MR) is 85.1 cm³/mol. The van der Waals surface area contributed by atoms with Crippen LogP contribution in [0, 0.1) is 11.8 Å². The molecule has 2 N–H and O–H groups in total. The van der Waals surface area contributed by atoms with Crippen LogP contribution in [0.15, 0.2) is 0 Å². The first-order valence-electron chi connectivity index (χ1n) is 8.62. The zero-order chi connectivity index (χ0) is 15.5. The summed E-state index contributed by atoms with van der Waals surface area (Å²) in [7, 11) is 0. The molecule has 2 aliphatic rings. The summed E-state index contributed by atoms with van der Waals surface area (Å²) in [6.07, 6.45) is 8.61. The molecule has 1 aliphatic heterocycles. The van der Waals surface area contributed by atoms with Crippen LogP contribution in [-0.4, -0.2) is 35.7 Å². The van der Waals surface area contributed by atoms with Crippen molar-refractivity contribution in [2.75, 3.05) is 13.1 Å². The smallest absolute Gasteiger partial charge is 0.410 e. The van der Waals surface area contributed by atoms with Gasteiger partial charge in [-0.2, -0.15) is 0 Å². The van der Waals surface area contributed by atoms with Gasteiger partial charge in [-0.1, -0.05) is 25.7 Å². The van der Waals surface area contributed by atoms with Gasteiger partial charge in [0.05, 0.1) is 0 Å². The van der Waals surface area contributed by atoms with Crippen LogP contribution in [0.5, 0.6) is 0 Å². The van der Waals surface area contributed by atoms with Crippen molar-refractivity contribution >= 4 is 6.09 Å². The largest absolute Gasteiger partial charge is 0.444 e. The molecule has 2 fully saturated rings. The lowest BCUT2D eigenvalue weighted by atomic mass is 9.84. The third-order valence-electron chi connectivity index (χ3n) is 4.90. The molecule has 0 aromatic heterocycles. The third-order valence-corrected chi connectivity index (χ3v) is 4.90. The van der Waals surface area contributed by atoms with E-state index in [1.807, 2.05) is 25.7 Å². The first-order chi connectivity index (χ1) is 9.92. The number of hydrogen-bond donors (Lipinski definition) is 1. The third kappa shape index (κ3) is 4.35. The van der Waals surface area contributed by atoms with Gasteiger partial charge in [-0.3, -0.25) is 0 Å². The Balaban J connectivity index is 2.09. The van der Waals surface area contributed by atoms with Gasteiger partial charge in [0.1, 0.15) is 5.60 Å². The number of hydrogen-bond acceptors (Lipinski definition) is 3. The van der Waals surface area contributed by atoms with Gasteiger partial charge >= 0.3 is 6.09 Å². The Bertz CT molecular complexity index is 343. The van der Waals surface area contributed by atoms with Gasteiger partial charge in [0.2, 0.25) is 0 Å². The summed E-state index contributed by atoms with van der Waals surface area (Å²) >= 11 is 0. The second-order valence-corrected chi connectivity index (χ2v) is 7.70. The highest BCUT2D eigenvalue weighted by molar-refractivity contribution is 5.69. The predicted octanol–water partition coefficient (Wildman–Crippen LogP) is 3.54. The van der Waals surface area contributed by atoms with Crippen molar-refractivity contribution in [3.63, 3.8) is 0 Å². The summed E-state index contributed by atoms with van der Waals surface area (Å²) in [6, 6.07) is 0.294. The molecule has 0 aromatic rings. The number of carbonyl (C=O) groups is 1. The number of rotatable bonds is 2. The van der Waals surface area contributed by atoms with E-state index in [0.717, 1.165) is 13.0 Å². The Morgan fingerprint density at radius 1 is 1.14 bits per heavy atom. The van der Waals surface area contributed by atoms with Crippen molar-refractivity contribution in [3.05, 3.63) is 0 Å². The van der Waals surface area contributed by atoms with Crippen molar-refractivity contribution in [1.29, 1.82) is 0 Å². The molecule has 1 saturated heterocycles. The number of nitrogens with zero attached hydrogens (tertiary/aromatic N) is 1. The van der Waals surface area contributed by atoms with E-state index >= 15 is 0 Å². The maximum Gasteiger partial charge on any atom is 0.410 e. The van der Waals surface area contributed by atoms with Crippen molar-refractivity contribution in [1.82, 2.24) is 4.90 Å². The molecular formula is C17H32N2O2. The summed E-state index contributed by atoms with van der Waals surface area (Å²) in [4.78, 5) is 14.5. The topological polar surface area (TPSA) is 55.6 Å². The molecule has 4 heteroatoms. The first kappa shape index (κ1) is 16.6. The average Bonchev–Trinajstić information content (AvgIpc) is 2.64. The van der Waals surface area contributed by atoms with Crippen LogP contribution < -0.4 is 5.73 Å². The van der Waals surface area contributed by atoms with E-state index in [9.17, 15) is 4.79 Å². The van der Waals surface area contributed by atoms with E-state index in [1.165, 1.54) is 38.5 Å². The van der Waals surface area contributed by atoms with Crippen LogP contribution in [0.4, 0.5) is 4.79 Å². The van der Waals surface area contributed by atoms with Crippen molar-refractivity contribution in [2.45, 2.75) is 77.4 Å².